The van der Waals surface area contributed by atoms with Crippen molar-refractivity contribution in [2.75, 3.05) is 0 Å². The van der Waals surface area contributed by atoms with Gasteiger partial charge in [0.15, 0.2) is 5.75 Å². The maximum Gasteiger partial charge on any atom is 0.173 e. The molecule has 3 aromatic carbocycles. The summed E-state index contributed by atoms with van der Waals surface area (Å²) in [5, 5.41) is 2.20. The predicted molar refractivity (Wildman–Crippen MR) is 75.8 cm³/mol. The van der Waals surface area contributed by atoms with Crippen LogP contribution in [0.15, 0.2) is 72.8 Å². The number of benzene rings is 3. The molecule has 0 amide bonds. The van der Waals surface area contributed by atoms with Crippen molar-refractivity contribution in [1.82, 2.24) is 0 Å². The molecule has 2 heteroatoms. The minimum absolute atomic E-state index is 0.435. The first kappa shape index (κ1) is 11.8. The maximum atomic E-state index is 5.42. The molecule has 0 saturated carbocycles. The van der Waals surface area contributed by atoms with Gasteiger partial charge in [0.2, 0.25) is 0 Å². The Morgan fingerprint density at radius 3 is 2.32 bits per heavy atom. The maximum absolute atomic E-state index is 5.42. The predicted octanol–water partition coefficient (Wildman–Crippen LogP) is 4.35. The number of rotatable bonds is 4. The van der Waals surface area contributed by atoms with Gasteiger partial charge in [-0.3, -0.25) is 0 Å². The minimum Gasteiger partial charge on any atom is -0.337 e. The molecule has 0 aliphatic heterocycles. The van der Waals surface area contributed by atoms with E-state index in [9.17, 15) is 0 Å². The standard InChI is InChI=1S/C17H14O2/c1-2-7-14(8-3-1)13-18-19-17-12-6-10-15-9-4-5-11-16(15)17/h1-12H,13H2. The van der Waals surface area contributed by atoms with E-state index in [4.69, 9.17) is 9.78 Å². The van der Waals surface area contributed by atoms with Crippen LogP contribution in [-0.2, 0) is 11.5 Å². The molecule has 0 aliphatic carbocycles. The van der Waals surface area contributed by atoms with Gasteiger partial charge in [0.25, 0.3) is 0 Å². The molecule has 0 heterocycles. The van der Waals surface area contributed by atoms with Crippen molar-refractivity contribution in [3.63, 3.8) is 0 Å². The van der Waals surface area contributed by atoms with Crippen LogP contribution in [0.2, 0.25) is 0 Å². The van der Waals surface area contributed by atoms with Crippen LogP contribution in [0, 0.1) is 0 Å². The van der Waals surface area contributed by atoms with Crippen molar-refractivity contribution in [2.24, 2.45) is 0 Å². The van der Waals surface area contributed by atoms with E-state index < -0.39 is 0 Å². The Kier molecular flexibility index (Phi) is 3.43. The highest BCUT2D eigenvalue weighted by atomic mass is 17.2. The minimum atomic E-state index is 0.435. The monoisotopic (exact) mass is 250 g/mol. The van der Waals surface area contributed by atoms with Crippen LogP contribution in [-0.4, -0.2) is 0 Å². The Labute approximate surface area is 112 Å². The molecule has 0 spiro atoms. The molecule has 2 nitrogen and oxygen atoms in total. The number of hydrogen-bond donors (Lipinski definition) is 0. The van der Waals surface area contributed by atoms with Gasteiger partial charge < -0.3 is 4.89 Å². The molecular weight excluding hydrogens is 236 g/mol. The number of hydrogen-bond acceptors (Lipinski definition) is 2. The quantitative estimate of drug-likeness (QED) is 0.506. The van der Waals surface area contributed by atoms with Crippen molar-refractivity contribution in [2.45, 2.75) is 6.61 Å². The summed E-state index contributed by atoms with van der Waals surface area (Å²) >= 11 is 0. The average Bonchev–Trinajstić information content (AvgIpc) is 2.49. The van der Waals surface area contributed by atoms with Crippen LogP contribution in [0.1, 0.15) is 5.56 Å². The van der Waals surface area contributed by atoms with Gasteiger partial charge in [-0.1, -0.05) is 66.7 Å². The molecule has 94 valence electrons. The lowest BCUT2D eigenvalue weighted by molar-refractivity contribution is -0.216. The van der Waals surface area contributed by atoms with Gasteiger partial charge in [0, 0.05) is 5.39 Å². The Morgan fingerprint density at radius 2 is 1.42 bits per heavy atom. The van der Waals surface area contributed by atoms with Gasteiger partial charge in [-0.2, -0.15) is 4.89 Å². The smallest absolute Gasteiger partial charge is 0.173 e. The summed E-state index contributed by atoms with van der Waals surface area (Å²) in [5.74, 6) is 0.744. The van der Waals surface area contributed by atoms with Crippen LogP contribution in [0.4, 0.5) is 0 Å². The van der Waals surface area contributed by atoms with E-state index >= 15 is 0 Å². The third-order valence-electron chi connectivity index (χ3n) is 2.97. The zero-order valence-corrected chi connectivity index (χ0v) is 10.5. The lowest BCUT2D eigenvalue weighted by atomic mass is 10.1. The van der Waals surface area contributed by atoms with Gasteiger partial charge in [-0.25, -0.2) is 0 Å². The van der Waals surface area contributed by atoms with Gasteiger partial charge in [-0.05, 0) is 17.0 Å². The SMILES string of the molecule is c1ccc(COOc2cccc3ccccc23)cc1. The van der Waals surface area contributed by atoms with Crippen LogP contribution >= 0.6 is 0 Å². The first-order valence-electron chi connectivity index (χ1n) is 6.25. The summed E-state index contributed by atoms with van der Waals surface area (Å²) in [6.45, 7) is 0.435. The van der Waals surface area contributed by atoms with E-state index in [2.05, 4.69) is 12.1 Å². The van der Waals surface area contributed by atoms with E-state index in [0.717, 1.165) is 22.1 Å². The molecule has 19 heavy (non-hydrogen) atoms. The van der Waals surface area contributed by atoms with Crippen LogP contribution in [0.5, 0.6) is 5.75 Å². The molecule has 0 aromatic heterocycles. The lowest BCUT2D eigenvalue weighted by Gasteiger charge is -2.07. The molecule has 0 radical (unpaired) electrons. The topological polar surface area (TPSA) is 18.5 Å². The summed E-state index contributed by atoms with van der Waals surface area (Å²) in [7, 11) is 0. The fourth-order valence-corrected chi connectivity index (χ4v) is 2.00. The normalized spacial score (nSPS) is 10.5. The second-order valence-electron chi connectivity index (χ2n) is 4.31. The molecule has 0 saturated heterocycles. The van der Waals surface area contributed by atoms with E-state index in [1.54, 1.807) is 0 Å². The molecule has 3 rings (SSSR count). The molecule has 0 bridgehead atoms. The third kappa shape index (κ3) is 2.75. The molecule has 0 atom stereocenters. The van der Waals surface area contributed by atoms with Crippen molar-refractivity contribution in [1.29, 1.82) is 0 Å². The third-order valence-corrected chi connectivity index (χ3v) is 2.97. The highest BCUT2D eigenvalue weighted by molar-refractivity contribution is 5.88. The highest BCUT2D eigenvalue weighted by Gasteiger charge is 2.02. The van der Waals surface area contributed by atoms with E-state index in [1.807, 2.05) is 60.7 Å². The summed E-state index contributed by atoms with van der Waals surface area (Å²) in [4.78, 5) is 10.7. The lowest BCUT2D eigenvalue weighted by Crippen LogP contribution is -1.98. The largest absolute Gasteiger partial charge is 0.337 e. The van der Waals surface area contributed by atoms with E-state index in [1.165, 1.54) is 0 Å². The zero-order chi connectivity index (χ0) is 12.9. The first-order chi connectivity index (χ1) is 9.43. The summed E-state index contributed by atoms with van der Waals surface area (Å²) in [6.07, 6.45) is 0. The average molecular weight is 250 g/mol. The molecule has 0 aliphatic rings. The van der Waals surface area contributed by atoms with Crippen molar-refractivity contribution in [3.05, 3.63) is 78.4 Å². The summed E-state index contributed by atoms with van der Waals surface area (Å²) < 4.78 is 0. The van der Waals surface area contributed by atoms with Crippen molar-refractivity contribution in [3.8, 4) is 5.75 Å². The van der Waals surface area contributed by atoms with Gasteiger partial charge in [-0.15, -0.1) is 0 Å². The number of fused-ring (bicyclic) bond motifs is 1. The molecule has 3 aromatic rings. The van der Waals surface area contributed by atoms with E-state index in [0.29, 0.717) is 6.61 Å². The van der Waals surface area contributed by atoms with Crippen LogP contribution < -0.4 is 4.89 Å². The molecule has 0 unspecified atom stereocenters. The van der Waals surface area contributed by atoms with Gasteiger partial charge >= 0.3 is 0 Å². The summed E-state index contributed by atoms with van der Waals surface area (Å²) in [5.41, 5.74) is 1.09. The van der Waals surface area contributed by atoms with Gasteiger partial charge in [0.05, 0.1) is 0 Å². The fraction of sp³-hybridized carbons (Fsp3) is 0.0588. The van der Waals surface area contributed by atoms with Crippen molar-refractivity contribution >= 4 is 10.8 Å². The Balaban J connectivity index is 1.72. The first-order valence-corrected chi connectivity index (χ1v) is 6.25. The Hall–Kier alpha value is -2.32. The fourth-order valence-electron chi connectivity index (χ4n) is 2.00. The Bertz CT molecular complexity index is 657. The second-order valence-corrected chi connectivity index (χ2v) is 4.31. The molecule has 0 N–H and O–H groups in total. The molecule has 0 fully saturated rings. The van der Waals surface area contributed by atoms with Crippen molar-refractivity contribution < 1.29 is 9.78 Å². The highest BCUT2D eigenvalue weighted by Crippen LogP contribution is 2.25. The van der Waals surface area contributed by atoms with Crippen LogP contribution in [0.25, 0.3) is 10.8 Å². The zero-order valence-electron chi connectivity index (χ0n) is 10.5. The Morgan fingerprint density at radius 1 is 0.684 bits per heavy atom. The van der Waals surface area contributed by atoms with E-state index in [-0.39, 0.29) is 0 Å². The summed E-state index contributed by atoms with van der Waals surface area (Å²) in [6, 6.07) is 24.0. The molecular formula is C17H14O2. The second kappa shape index (κ2) is 5.55. The van der Waals surface area contributed by atoms with Crippen LogP contribution in [0.3, 0.4) is 0 Å². The van der Waals surface area contributed by atoms with Gasteiger partial charge in [0.1, 0.15) is 6.61 Å².